The molecule has 0 saturated heterocycles. The van der Waals surface area contributed by atoms with Gasteiger partial charge in [0.15, 0.2) is 0 Å². The van der Waals surface area contributed by atoms with E-state index in [-0.39, 0.29) is 19.1 Å². The van der Waals surface area contributed by atoms with Crippen molar-refractivity contribution in [1.29, 1.82) is 0 Å². The van der Waals surface area contributed by atoms with Gasteiger partial charge >= 0.3 is 0 Å². The van der Waals surface area contributed by atoms with Gasteiger partial charge in [0.1, 0.15) is 13.2 Å². The fraction of sp³-hybridized carbons (Fsp3) is 0.792. The molecule has 0 rings (SSSR count). The number of quaternary nitrogens is 1. The van der Waals surface area contributed by atoms with Crippen LogP contribution in [0.15, 0.2) is 85.1 Å². The molecular formula is C72H133N2O6P. The Morgan fingerprint density at radius 2 is 0.753 bits per heavy atom. The van der Waals surface area contributed by atoms with E-state index in [2.05, 4.69) is 104 Å². The number of aliphatic hydroxyl groups is 1. The second kappa shape index (κ2) is 62.2. The van der Waals surface area contributed by atoms with Crippen LogP contribution >= 0.6 is 7.82 Å². The second-order valence-corrected chi connectivity index (χ2v) is 25.9. The Hall–Kier alpha value is -2.32. The van der Waals surface area contributed by atoms with Crippen LogP contribution in [0.3, 0.4) is 0 Å². The minimum absolute atomic E-state index is 0.00912. The highest BCUT2D eigenvalue weighted by Crippen LogP contribution is 2.38. The maximum absolute atomic E-state index is 13.1. The van der Waals surface area contributed by atoms with Crippen molar-refractivity contribution in [2.24, 2.45) is 0 Å². The van der Waals surface area contributed by atoms with E-state index < -0.39 is 20.0 Å². The van der Waals surface area contributed by atoms with Gasteiger partial charge in [-0.05, 0) is 70.6 Å². The molecule has 3 atom stereocenters. The van der Waals surface area contributed by atoms with Gasteiger partial charge in [-0.3, -0.25) is 9.36 Å². The van der Waals surface area contributed by atoms with Crippen LogP contribution in [0, 0.1) is 0 Å². The number of nitrogens with one attached hydrogen (secondary N) is 1. The van der Waals surface area contributed by atoms with Crippen molar-refractivity contribution in [2.75, 3.05) is 40.9 Å². The first-order valence-electron chi connectivity index (χ1n) is 34.4. The lowest BCUT2D eigenvalue weighted by atomic mass is 10.0. The molecule has 1 amide bonds. The number of hydrogen-bond acceptors (Lipinski definition) is 6. The number of carbonyl (C=O) groups excluding carboxylic acids is 1. The van der Waals surface area contributed by atoms with Gasteiger partial charge in [0.2, 0.25) is 5.91 Å². The molecule has 0 fully saturated rings. The first kappa shape index (κ1) is 78.7. The maximum Gasteiger partial charge on any atom is 0.268 e. The highest BCUT2D eigenvalue weighted by Gasteiger charge is 2.24. The van der Waals surface area contributed by atoms with E-state index >= 15 is 0 Å². The third-order valence-electron chi connectivity index (χ3n) is 15.4. The Bertz CT molecular complexity index is 1600. The van der Waals surface area contributed by atoms with E-state index in [4.69, 9.17) is 9.05 Å². The number of allylic oxidation sites excluding steroid dienone is 14. The summed E-state index contributed by atoms with van der Waals surface area (Å²) in [7, 11) is 1.30. The molecule has 8 nitrogen and oxygen atoms in total. The van der Waals surface area contributed by atoms with Crippen molar-refractivity contribution < 1.29 is 32.9 Å². The molecule has 472 valence electrons. The molecule has 0 aliphatic carbocycles. The summed E-state index contributed by atoms with van der Waals surface area (Å²) in [4.78, 5) is 25.7. The lowest BCUT2D eigenvalue weighted by Crippen LogP contribution is -2.46. The molecule has 81 heavy (non-hydrogen) atoms. The predicted molar refractivity (Wildman–Crippen MR) is 353 cm³/mol. The number of rotatable bonds is 63. The lowest BCUT2D eigenvalue weighted by Gasteiger charge is -2.30. The molecule has 9 heteroatoms. The SMILES string of the molecule is CC/C=C\C/C=C\C/C=C\C/C=C\C/C=C\C/C=C\C/C=C\CCCCCCCCCCCCCC(=O)NC(COP(=O)([O-])OCC[N+](C)(C)C)C(O)CCCCCCCCCCCCCCCCCCCCCCCCCCCC. The van der Waals surface area contributed by atoms with Crippen molar-refractivity contribution in [2.45, 2.75) is 328 Å². The van der Waals surface area contributed by atoms with Gasteiger partial charge in [0.05, 0.1) is 39.9 Å². The van der Waals surface area contributed by atoms with Crippen LogP contribution in [0.5, 0.6) is 0 Å². The standard InChI is InChI=1S/C72H133N2O6P/c1-6-8-10-12-14-16-18-20-22-24-26-28-30-32-34-35-36-37-38-39-40-42-44-46-48-50-52-54-56-58-60-62-64-66-72(76)73-70(69-80-81(77,78)79-68-67-74(3,4)5)71(75)65-63-61-59-57-55-53-51-49-47-45-43-41-33-31-29-27-25-23-21-19-17-15-13-11-9-7-2/h8,10,14,16,20,22,26,28,32,34,36-37,39-40,70-71,75H,6-7,9,11-13,15,17-19,21,23-25,27,29-31,33,35,38,41-69H2,1-5H3,(H-,73,76,77,78)/b10-8-,16-14-,22-20-,28-26-,34-32-,37-36-,40-39-. The minimum Gasteiger partial charge on any atom is -0.756 e. The smallest absolute Gasteiger partial charge is 0.268 e. The summed E-state index contributed by atoms with van der Waals surface area (Å²) in [5.41, 5.74) is 0. The molecule has 0 bridgehead atoms. The van der Waals surface area contributed by atoms with E-state index in [1.54, 1.807) is 0 Å². The summed E-state index contributed by atoms with van der Waals surface area (Å²) in [5.74, 6) is -0.167. The number of carbonyl (C=O) groups is 1. The Balaban J connectivity index is 4.08. The molecule has 3 unspecified atom stereocenters. The first-order chi connectivity index (χ1) is 39.5. The highest BCUT2D eigenvalue weighted by atomic mass is 31.2. The quantitative estimate of drug-likeness (QED) is 0.0272. The number of hydrogen-bond donors (Lipinski definition) is 2. The Morgan fingerprint density at radius 3 is 1.10 bits per heavy atom. The van der Waals surface area contributed by atoms with E-state index in [1.165, 1.54) is 205 Å². The number of aliphatic hydroxyl groups excluding tert-OH is 1. The minimum atomic E-state index is -4.59. The number of nitrogens with zero attached hydrogens (tertiary/aromatic N) is 1. The van der Waals surface area contributed by atoms with E-state index in [0.717, 1.165) is 83.5 Å². The largest absolute Gasteiger partial charge is 0.756 e. The molecule has 0 saturated carbocycles. The Labute approximate surface area is 503 Å². The van der Waals surface area contributed by atoms with Crippen LogP contribution in [0.1, 0.15) is 316 Å². The molecule has 0 aliphatic heterocycles. The van der Waals surface area contributed by atoms with E-state index in [1.807, 2.05) is 21.1 Å². The average molecular weight is 1150 g/mol. The molecule has 0 aliphatic rings. The van der Waals surface area contributed by atoms with Gasteiger partial charge in [-0.15, -0.1) is 0 Å². The zero-order valence-electron chi connectivity index (χ0n) is 54.0. The lowest BCUT2D eigenvalue weighted by molar-refractivity contribution is -0.870. The van der Waals surface area contributed by atoms with Gasteiger partial charge in [-0.25, -0.2) is 0 Å². The number of amides is 1. The zero-order chi connectivity index (χ0) is 59.1. The van der Waals surface area contributed by atoms with Crippen molar-refractivity contribution in [1.82, 2.24) is 5.32 Å². The van der Waals surface area contributed by atoms with Crippen LogP contribution in [0.4, 0.5) is 0 Å². The highest BCUT2D eigenvalue weighted by molar-refractivity contribution is 7.45. The molecule has 0 heterocycles. The molecule has 0 aromatic heterocycles. The molecule has 0 radical (unpaired) electrons. The molecule has 0 aromatic carbocycles. The van der Waals surface area contributed by atoms with Gasteiger partial charge in [0.25, 0.3) is 7.82 Å². The van der Waals surface area contributed by atoms with Crippen LogP contribution in [0.25, 0.3) is 0 Å². The van der Waals surface area contributed by atoms with Crippen LogP contribution in [0.2, 0.25) is 0 Å². The second-order valence-electron chi connectivity index (χ2n) is 24.5. The number of likely N-dealkylation sites (N-methyl/N-ethyl adjacent to an activating group) is 1. The van der Waals surface area contributed by atoms with Gasteiger partial charge in [-0.1, -0.05) is 324 Å². The Kier molecular flexibility index (Phi) is 60.4. The van der Waals surface area contributed by atoms with Crippen LogP contribution in [-0.4, -0.2) is 68.5 Å². The van der Waals surface area contributed by atoms with E-state index in [0.29, 0.717) is 23.9 Å². The number of phosphoric ester groups is 1. The van der Waals surface area contributed by atoms with Crippen LogP contribution in [-0.2, 0) is 18.4 Å². The van der Waals surface area contributed by atoms with Gasteiger partial charge in [-0.2, -0.15) is 0 Å². The third kappa shape index (κ3) is 65.1. The normalized spacial score (nSPS) is 14.2. The summed E-state index contributed by atoms with van der Waals surface area (Å²) in [6.07, 6.45) is 87.9. The molecule has 0 aromatic rings. The fourth-order valence-corrected chi connectivity index (χ4v) is 10.8. The predicted octanol–water partition coefficient (Wildman–Crippen LogP) is 21.3. The summed E-state index contributed by atoms with van der Waals surface area (Å²) < 4.78 is 23.5. The Morgan fingerprint density at radius 1 is 0.444 bits per heavy atom. The maximum atomic E-state index is 13.1. The summed E-state index contributed by atoms with van der Waals surface area (Å²) >= 11 is 0. The molecule has 2 N–H and O–H groups in total. The monoisotopic (exact) mass is 1150 g/mol. The number of phosphoric acid groups is 1. The number of unbranched alkanes of at least 4 members (excludes halogenated alkanes) is 36. The van der Waals surface area contributed by atoms with Crippen molar-refractivity contribution >= 4 is 13.7 Å². The van der Waals surface area contributed by atoms with Crippen molar-refractivity contribution in [3.63, 3.8) is 0 Å². The van der Waals surface area contributed by atoms with E-state index in [9.17, 15) is 19.4 Å². The van der Waals surface area contributed by atoms with Crippen molar-refractivity contribution in [3.8, 4) is 0 Å². The van der Waals surface area contributed by atoms with Crippen LogP contribution < -0.4 is 10.2 Å². The van der Waals surface area contributed by atoms with Gasteiger partial charge < -0.3 is 28.8 Å². The van der Waals surface area contributed by atoms with Gasteiger partial charge in [0, 0.05) is 6.42 Å². The summed E-state index contributed by atoms with van der Waals surface area (Å²) in [6.45, 7) is 4.64. The molecule has 0 spiro atoms. The molecular weight excluding hydrogens is 1020 g/mol. The first-order valence-corrected chi connectivity index (χ1v) is 35.9. The fourth-order valence-electron chi connectivity index (χ4n) is 10.1. The summed E-state index contributed by atoms with van der Waals surface area (Å²) in [5, 5.41) is 14.1. The topological polar surface area (TPSA) is 108 Å². The van der Waals surface area contributed by atoms with Crippen molar-refractivity contribution in [3.05, 3.63) is 85.1 Å². The average Bonchev–Trinajstić information content (AvgIpc) is 3.43. The summed E-state index contributed by atoms with van der Waals surface area (Å²) in [6, 6.07) is -0.809. The third-order valence-corrected chi connectivity index (χ3v) is 16.4. The zero-order valence-corrected chi connectivity index (χ0v) is 54.9.